The number of fused-ring (bicyclic) bond motifs is 3. The Morgan fingerprint density at radius 1 is 1.03 bits per heavy atom. The number of hydrogen-bond donors (Lipinski definition) is 0. The number of aromatic nitrogens is 4. The zero-order chi connectivity index (χ0) is 23.8. The number of aryl methyl sites for hydroxylation is 2. The highest BCUT2D eigenvalue weighted by Crippen LogP contribution is 2.33. The Kier molecular flexibility index (Phi) is 5.73. The van der Waals surface area contributed by atoms with Crippen LogP contribution in [0.25, 0.3) is 11.2 Å². The molecule has 0 saturated carbocycles. The third-order valence-corrected chi connectivity index (χ3v) is 6.52. The van der Waals surface area contributed by atoms with Gasteiger partial charge in [0.05, 0.1) is 7.11 Å². The summed E-state index contributed by atoms with van der Waals surface area (Å²) in [6, 6.07) is 17.9. The molecule has 8 heteroatoms. The Hall–Kier alpha value is -3.81. The lowest BCUT2D eigenvalue weighted by atomic mass is 10.1. The molecule has 0 amide bonds. The predicted molar refractivity (Wildman–Crippen MR) is 133 cm³/mol. The minimum absolute atomic E-state index is 0.270. The van der Waals surface area contributed by atoms with Gasteiger partial charge >= 0.3 is 5.69 Å². The van der Waals surface area contributed by atoms with Gasteiger partial charge in [-0.15, -0.1) is 0 Å². The normalized spacial score (nSPS) is 15.5. The van der Waals surface area contributed by atoms with Gasteiger partial charge in [0, 0.05) is 32.4 Å². The Morgan fingerprint density at radius 2 is 1.76 bits per heavy atom. The molecule has 176 valence electrons. The molecule has 1 unspecified atom stereocenters. The summed E-state index contributed by atoms with van der Waals surface area (Å²) >= 11 is 0. The van der Waals surface area contributed by atoms with Crippen molar-refractivity contribution in [3.05, 3.63) is 81.0 Å². The quantitative estimate of drug-likeness (QED) is 0.442. The summed E-state index contributed by atoms with van der Waals surface area (Å²) in [5.74, 6) is 1.77. The van der Waals surface area contributed by atoms with Crippen molar-refractivity contribution in [2.75, 3.05) is 18.6 Å². The fourth-order valence-corrected chi connectivity index (χ4v) is 4.77. The molecule has 0 N–H and O–H groups in total. The molecule has 0 radical (unpaired) electrons. The minimum Gasteiger partial charge on any atom is -0.497 e. The van der Waals surface area contributed by atoms with E-state index in [0.717, 1.165) is 24.4 Å². The van der Waals surface area contributed by atoms with Crippen molar-refractivity contribution in [1.82, 2.24) is 18.7 Å². The van der Waals surface area contributed by atoms with Crippen LogP contribution in [0.15, 0.2) is 64.2 Å². The number of imidazole rings is 1. The molecule has 2 aromatic heterocycles. The maximum absolute atomic E-state index is 13.6. The third kappa shape index (κ3) is 3.79. The molecule has 3 heterocycles. The number of benzene rings is 2. The van der Waals surface area contributed by atoms with Crippen LogP contribution in [0.1, 0.15) is 18.9 Å². The lowest BCUT2D eigenvalue weighted by Crippen LogP contribution is -2.40. The average Bonchev–Trinajstić information content (AvgIpc) is 3.24. The van der Waals surface area contributed by atoms with Crippen LogP contribution >= 0.6 is 0 Å². The summed E-state index contributed by atoms with van der Waals surface area (Å²) in [7, 11) is 3.33. The first-order chi connectivity index (χ1) is 16.5. The van der Waals surface area contributed by atoms with E-state index in [9.17, 15) is 9.59 Å². The smallest absolute Gasteiger partial charge is 0.332 e. The number of anilines is 2. The van der Waals surface area contributed by atoms with Gasteiger partial charge in [-0.3, -0.25) is 13.9 Å². The van der Waals surface area contributed by atoms with E-state index in [4.69, 9.17) is 9.72 Å². The second kappa shape index (κ2) is 8.85. The third-order valence-electron chi connectivity index (χ3n) is 6.52. The van der Waals surface area contributed by atoms with Gasteiger partial charge < -0.3 is 14.2 Å². The van der Waals surface area contributed by atoms with Crippen molar-refractivity contribution in [1.29, 1.82) is 0 Å². The van der Waals surface area contributed by atoms with E-state index in [-0.39, 0.29) is 11.2 Å². The number of nitrogens with zero attached hydrogens (tertiary/aromatic N) is 5. The van der Waals surface area contributed by atoms with Crippen LogP contribution in [0.5, 0.6) is 5.75 Å². The van der Waals surface area contributed by atoms with Gasteiger partial charge in [-0.25, -0.2) is 4.79 Å². The lowest BCUT2D eigenvalue weighted by Gasteiger charge is -2.33. The summed E-state index contributed by atoms with van der Waals surface area (Å²) in [5, 5.41) is 0. The first-order valence-electron chi connectivity index (χ1n) is 11.6. The second-order valence-corrected chi connectivity index (χ2v) is 9.00. The van der Waals surface area contributed by atoms with E-state index < -0.39 is 0 Å². The first kappa shape index (κ1) is 22.0. The summed E-state index contributed by atoms with van der Waals surface area (Å²) in [5.41, 5.74) is 2.48. The zero-order valence-corrected chi connectivity index (χ0v) is 19.8. The second-order valence-electron chi connectivity index (χ2n) is 9.00. The fraction of sp³-hybridized carbons (Fsp3) is 0.346. The van der Waals surface area contributed by atoms with Gasteiger partial charge in [-0.2, -0.15) is 4.98 Å². The number of methoxy groups -OCH3 is 1. The van der Waals surface area contributed by atoms with Gasteiger partial charge in [-0.1, -0.05) is 37.3 Å². The minimum atomic E-state index is -0.329. The van der Waals surface area contributed by atoms with Crippen LogP contribution < -0.4 is 20.9 Å². The highest BCUT2D eigenvalue weighted by atomic mass is 16.5. The Labute approximate surface area is 197 Å². The molecule has 34 heavy (non-hydrogen) atoms. The molecular formula is C26H29N5O3. The molecule has 8 nitrogen and oxygen atoms in total. The van der Waals surface area contributed by atoms with Crippen LogP contribution in [0.4, 0.5) is 11.6 Å². The summed E-state index contributed by atoms with van der Waals surface area (Å²) in [4.78, 5) is 33.6. The van der Waals surface area contributed by atoms with Crippen LogP contribution in [0.2, 0.25) is 0 Å². The number of ether oxygens (including phenoxy) is 1. The van der Waals surface area contributed by atoms with Crippen molar-refractivity contribution in [2.24, 2.45) is 13.0 Å². The van der Waals surface area contributed by atoms with Gasteiger partial charge in [0.25, 0.3) is 5.56 Å². The first-order valence-corrected chi connectivity index (χ1v) is 11.6. The van der Waals surface area contributed by atoms with Crippen LogP contribution in [0.3, 0.4) is 0 Å². The Balaban J connectivity index is 1.56. The van der Waals surface area contributed by atoms with Crippen molar-refractivity contribution in [2.45, 2.75) is 32.9 Å². The van der Waals surface area contributed by atoms with E-state index in [2.05, 4.69) is 24.0 Å². The molecular weight excluding hydrogens is 430 g/mol. The predicted octanol–water partition coefficient (Wildman–Crippen LogP) is 3.33. The van der Waals surface area contributed by atoms with E-state index in [1.54, 1.807) is 14.2 Å². The maximum atomic E-state index is 13.6. The van der Waals surface area contributed by atoms with Gasteiger partial charge in [0.15, 0.2) is 11.2 Å². The maximum Gasteiger partial charge on any atom is 0.332 e. The molecule has 4 aromatic rings. The van der Waals surface area contributed by atoms with Crippen LogP contribution in [0, 0.1) is 5.92 Å². The standard InChI is InChI=1S/C26H29N5O3/c1-18-16-30(20-11-13-21(34-3)14-12-20)25-27-23-22(31(25)17-18)24(32)29(26(33)28(23)2)15-7-10-19-8-5-4-6-9-19/h4-6,8-9,11-14,18H,7,10,15-17H2,1-3H3. The molecule has 0 saturated heterocycles. The molecule has 1 atom stereocenters. The molecule has 0 aliphatic carbocycles. The summed E-state index contributed by atoms with van der Waals surface area (Å²) < 4.78 is 10.1. The van der Waals surface area contributed by atoms with Crippen molar-refractivity contribution >= 4 is 22.8 Å². The highest BCUT2D eigenvalue weighted by Gasteiger charge is 2.29. The lowest BCUT2D eigenvalue weighted by molar-refractivity contribution is 0.414. The topological polar surface area (TPSA) is 74.3 Å². The SMILES string of the molecule is COc1ccc(N2CC(C)Cn3c2nc2c3c(=O)n(CCCc3ccccc3)c(=O)n2C)cc1. The van der Waals surface area contributed by atoms with E-state index in [1.165, 1.54) is 14.7 Å². The Morgan fingerprint density at radius 3 is 2.47 bits per heavy atom. The van der Waals surface area contributed by atoms with E-state index >= 15 is 0 Å². The van der Waals surface area contributed by atoms with E-state index in [1.807, 2.05) is 47.0 Å². The van der Waals surface area contributed by atoms with Crippen molar-refractivity contribution in [3.8, 4) is 5.75 Å². The van der Waals surface area contributed by atoms with Gasteiger partial charge in [0.1, 0.15) is 5.75 Å². The molecule has 0 fully saturated rings. The van der Waals surface area contributed by atoms with E-state index in [0.29, 0.717) is 42.5 Å². The van der Waals surface area contributed by atoms with Gasteiger partial charge in [0.2, 0.25) is 5.95 Å². The zero-order valence-electron chi connectivity index (χ0n) is 19.8. The summed E-state index contributed by atoms with van der Waals surface area (Å²) in [6.45, 7) is 3.98. The molecule has 0 bridgehead atoms. The highest BCUT2D eigenvalue weighted by molar-refractivity contribution is 5.77. The molecule has 1 aliphatic rings. The largest absolute Gasteiger partial charge is 0.497 e. The monoisotopic (exact) mass is 459 g/mol. The van der Waals surface area contributed by atoms with Gasteiger partial charge in [-0.05, 0) is 48.6 Å². The number of rotatable bonds is 6. The molecule has 2 aromatic carbocycles. The van der Waals surface area contributed by atoms with Crippen molar-refractivity contribution < 1.29 is 4.74 Å². The molecule has 1 aliphatic heterocycles. The average molecular weight is 460 g/mol. The van der Waals surface area contributed by atoms with Crippen LogP contribution in [-0.4, -0.2) is 32.3 Å². The molecule has 0 spiro atoms. The summed E-state index contributed by atoms with van der Waals surface area (Å²) in [6.07, 6.45) is 1.52. The van der Waals surface area contributed by atoms with Crippen molar-refractivity contribution in [3.63, 3.8) is 0 Å². The fourth-order valence-electron chi connectivity index (χ4n) is 4.77. The Bertz CT molecular complexity index is 1430. The number of hydrogen-bond acceptors (Lipinski definition) is 5. The molecule has 5 rings (SSSR count). The van der Waals surface area contributed by atoms with Crippen LogP contribution in [-0.2, 0) is 26.6 Å².